The third kappa shape index (κ3) is 2.47. The number of hydrogen-bond acceptors (Lipinski definition) is 3. The van der Waals surface area contributed by atoms with Gasteiger partial charge in [-0.2, -0.15) is 0 Å². The van der Waals surface area contributed by atoms with E-state index in [1.807, 2.05) is 19.1 Å². The average Bonchev–Trinajstić information content (AvgIpc) is 2.38. The fourth-order valence-electron chi connectivity index (χ4n) is 2.83. The summed E-state index contributed by atoms with van der Waals surface area (Å²) in [5.41, 5.74) is 0.339. The molecule has 0 saturated heterocycles. The van der Waals surface area contributed by atoms with E-state index < -0.39 is 0 Å². The van der Waals surface area contributed by atoms with Gasteiger partial charge in [0.2, 0.25) is 0 Å². The van der Waals surface area contributed by atoms with Gasteiger partial charge in [0.25, 0.3) is 0 Å². The number of nitrogens with one attached hydrogen (secondary N) is 1. The van der Waals surface area contributed by atoms with Gasteiger partial charge in [0.15, 0.2) is 11.6 Å². The molecule has 1 saturated carbocycles. The molecular formula is C15H22FNO2. The van der Waals surface area contributed by atoms with Crippen molar-refractivity contribution >= 4 is 0 Å². The maximum Gasteiger partial charge on any atom is 0.169 e. The molecule has 0 bridgehead atoms. The van der Waals surface area contributed by atoms with Crippen molar-refractivity contribution in [2.75, 3.05) is 20.8 Å². The summed E-state index contributed by atoms with van der Waals surface area (Å²) < 4.78 is 25.2. The van der Waals surface area contributed by atoms with Gasteiger partial charge in [0.05, 0.1) is 18.8 Å². The van der Waals surface area contributed by atoms with Crippen LogP contribution >= 0.6 is 0 Å². The predicted molar refractivity (Wildman–Crippen MR) is 73.0 cm³/mol. The summed E-state index contributed by atoms with van der Waals surface area (Å²) in [7, 11) is 3.20. The van der Waals surface area contributed by atoms with E-state index in [0.29, 0.717) is 5.56 Å². The lowest BCUT2D eigenvalue weighted by Crippen LogP contribution is -2.50. The number of rotatable bonds is 6. The predicted octanol–water partition coefficient (Wildman–Crippen LogP) is 3.05. The van der Waals surface area contributed by atoms with Crippen molar-refractivity contribution in [3.8, 4) is 5.75 Å². The Morgan fingerprint density at radius 3 is 2.58 bits per heavy atom. The second kappa shape index (κ2) is 5.88. The first-order chi connectivity index (χ1) is 9.18. The van der Waals surface area contributed by atoms with Gasteiger partial charge in [0.1, 0.15) is 0 Å². The molecule has 1 aromatic rings. The largest absolute Gasteiger partial charge is 0.494 e. The molecule has 0 amide bonds. The Hall–Kier alpha value is -1.13. The molecule has 0 aromatic heterocycles. The minimum atomic E-state index is -0.292. The summed E-state index contributed by atoms with van der Waals surface area (Å²) in [6, 6.07) is 5.14. The maximum absolute atomic E-state index is 14.5. The van der Waals surface area contributed by atoms with Gasteiger partial charge in [-0.1, -0.05) is 19.1 Å². The normalized spacial score (nSPS) is 18.7. The van der Waals surface area contributed by atoms with Gasteiger partial charge in [-0.15, -0.1) is 0 Å². The van der Waals surface area contributed by atoms with Crippen LogP contribution in [0.3, 0.4) is 0 Å². The van der Waals surface area contributed by atoms with Crippen molar-refractivity contribution in [1.29, 1.82) is 0 Å². The lowest BCUT2D eigenvalue weighted by Gasteiger charge is -2.47. The first kappa shape index (κ1) is 14.3. The quantitative estimate of drug-likeness (QED) is 0.859. The fraction of sp³-hybridized carbons (Fsp3) is 0.600. The summed E-state index contributed by atoms with van der Waals surface area (Å²) in [5, 5.41) is 3.36. The van der Waals surface area contributed by atoms with Crippen LogP contribution in [0.2, 0.25) is 0 Å². The molecule has 1 fully saturated rings. The molecule has 2 rings (SSSR count). The summed E-state index contributed by atoms with van der Waals surface area (Å²) in [4.78, 5) is 0. The molecule has 1 aliphatic carbocycles. The minimum absolute atomic E-state index is 0.133. The minimum Gasteiger partial charge on any atom is -0.494 e. The van der Waals surface area contributed by atoms with Gasteiger partial charge in [0, 0.05) is 12.7 Å². The number of likely N-dealkylation sites (N-methyl/N-ethyl adjacent to an activating group) is 1. The molecule has 4 heteroatoms. The van der Waals surface area contributed by atoms with Crippen LogP contribution in [-0.4, -0.2) is 26.4 Å². The van der Waals surface area contributed by atoms with E-state index >= 15 is 0 Å². The Labute approximate surface area is 114 Å². The molecule has 1 unspecified atom stereocenters. The standard InChI is InChI=1S/C15H22FNO2/c1-4-17-14(15(19-3)9-6-10-15)11-7-5-8-12(18-2)13(11)16/h5,7-8,14,17H,4,6,9-10H2,1-3H3. The second-order valence-electron chi connectivity index (χ2n) is 4.98. The van der Waals surface area contributed by atoms with Crippen LogP contribution in [0.1, 0.15) is 37.8 Å². The molecule has 1 aromatic carbocycles. The van der Waals surface area contributed by atoms with E-state index in [2.05, 4.69) is 5.32 Å². The summed E-state index contributed by atoms with van der Waals surface area (Å²) >= 11 is 0. The fourth-order valence-corrected chi connectivity index (χ4v) is 2.83. The molecule has 0 heterocycles. The topological polar surface area (TPSA) is 30.5 Å². The molecular weight excluding hydrogens is 245 g/mol. The van der Waals surface area contributed by atoms with Crippen LogP contribution in [0.5, 0.6) is 5.75 Å². The van der Waals surface area contributed by atoms with E-state index in [4.69, 9.17) is 9.47 Å². The Bertz CT molecular complexity index is 427. The number of methoxy groups -OCH3 is 2. The van der Waals surface area contributed by atoms with Gasteiger partial charge < -0.3 is 14.8 Å². The van der Waals surface area contributed by atoms with Gasteiger partial charge >= 0.3 is 0 Å². The third-order valence-corrected chi connectivity index (χ3v) is 4.06. The lowest BCUT2D eigenvalue weighted by atomic mass is 9.72. The van der Waals surface area contributed by atoms with Crippen LogP contribution in [0.4, 0.5) is 4.39 Å². The summed E-state index contributed by atoms with van der Waals surface area (Å²) in [5.74, 6) is -0.00902. The molecule has 106 valence electrons. The van der Waals surface area contributed by atoms with Crippen molar-refractivity contribution in [2.24, 2.45) is 0 Å². The Balaban J connectivity index is 2.39. The molecule has 0 radical (unpaired) electrons. The van der Waals surface area contributed by atoms with E-state index in [1.165, 1.54) is 7.11 Å². The zero-order valence-corrected chi connectivity index (χ0v) is 11.8. The Morgan fingerprint density at radius 1 is 1.37 bits per heavy atom. The monoisotopic (exact) mass is 267 g/mol. The van der Waals surface area contributed by atoms with Crippen molar-refractivity contribution in [2.45, 2.75) is 37.8 Å². The van der Waals surface area contributed by atoms with Crippen LogP contribution < -0.4 is 10.1 Å². The van der Waals surface area contributed by atoms with Crippen LogP contribution in [0.15, 0.2) is 18.2 Å². The highest BCUT2D eigenvalue weighted by atomic mass is 19.1. The number of benzene rings is 1. The number of ether oxygens (including phenoxy) is 2. The Morgan fingerprint density at radius 2 is 2.11 bits per heavy atom. The first-order valence-corrected chi connectivity index (χ1v) is 6.79. The molecule has 3 nitrogen and oxygen atoms in total. The van der Waals surface area contributed by atoms with Crippen molar-refractivity contribution in [3.05, 3.63) is 29.6 Å². The summed E-state index contributed by atoms with van der Waals surface area (Å²) in [6.07, 6.45) is 3.04. The number of hydrogen-bond donors (Lipinski definition) is 1. The highest BCUT2D eigenvalue weighted by molar-refractivity contribution is 5.35. The van der Waals surface area contributed by atoms with E-state index in [1.54, 1.807) is 13.2 Å². The van der Waals surface area contributed by atoms with Crippen molar-refractivity contribution < 1.29 is 13.9 Å². The smallest absolute Gasteiger partial charge is 0.169 e. The third-order valence-electron chi connectivity index (χ3n) is 4.06. The maximum atomic E-state index is 14.5. The highest BCUT2D eigenvalue weighted by Crippen LogP contribution is 2.46. The highest BCUT2D eigenvalue weighted by Gasteiger charge is 2.46. The Kier molecular flexibility index (Phi) is 4.42. The molecule has 1 N–H and O–H groups in total. The van der Waals surface area contributed by atoms with Crippen LogP contribution in [-0.2, 0) is 4.74 Å². The van der Waals surface area contributed by atoms with Crippen LogP contribution in [0.25, 0.3) is 0 Å². The average molecular weight is 267 g/mol. The molecule has 1 aliphatic rings. The van der Waals surface area contributed by atoms with Crippen molar-refractivity contribution in [1.82, 2.24) is 5.32 Å². The molecule has 0 spiro atoms. The van der Waals surface area contributed by atoms with E-state index in [0.717, 1.165) is 25.8 Å². The molecule has 0 aliphatic heterocycles. The van der Waals surface area contributed by atoms with Crippen molar-refractivity contribution in [3.63, 3.8) is 0 Å². The molecule has 1 atom stereocenters. The van der Waals surface area contributed by atoms with E-state index in [-0.39, 0.29) is 23.2 Å². The van der Waals surface area contributed by atoms with Gasteiger partial charge in [-0.3, -0.25) is 0 Å². The van der Waals surface area contributed by atoms with Gasteiger partial charge in [-0.05, 0) is 31.9 Å². The van der Waals surface area contributed by atoms with Gasteiger partial charge in [-0.25, -0.2) is 4.39 Å². The van der Waals surface area contributed by atoms with Crippen LogP contribution in [0, 0.1) is 5.82 Å². The van der Waals surface area contributed by atoms with E-state index in [9.17, 15) is 4.39 Å². The number of halogens is 1. The lowest BCUT2D eigenvalue weighted by molar-refractivity contribution is -0.100. The zero-order valence-electron chi connectivity index (χ0n) is 11.8. The molecule has 19 heavy (non-hydrogen) atoms. The zero-order chi connectivity index (χ0) is 13.9. The first-order valence-electron chi connectivity index (χ1n) is 6.79. The second-order valence-corrected chi connectivity index (χ2v) is 4.98. The summed E-state index contributed by atoms with van der Waals surface area (Å²) in [6.45, 7) is 2.79. The SMILES string of the molecule is CCNC(c1cccc(OC)c1F)C1(OC)CCC1.